The zero-order valence-electron chi connectivity index (χ0n) is 10.4. The van der Waals surface area contributed by atoms with E-state index in [2.05, 4.69) is 0 Å². The van der Waals surface area contributed by atoms with E-state index in [1.54, 1.807) is 32.9 Å². The van der Waals surface area contributed by atoms with Crippen molar-refractivity contribution in [3.8, 4) is 5.75 Å². The van der Waals surface area contributed by atoms with E-state index in [1.165, 1.54) is 13.2 Å². The van der Waals surface area contributed by atoms with E-state index in [-0.39, 0.29) is 5.56 Å². The Morgan fingerprint density at radius 3 is 2.41 bits per heavy atom. The second kappa shape index (κ2) is 4.99. The molecule has 0 radical (unpaired) electrons. The maximum absolute atomic E-state index is 11.9. The summed E-state index contributed by atoms with van der Waals surface area (Å²) in [6.07, 6.45) is 0.674. The predicted octanol–water partition coefficient (Wildman–Crippen LogP) is 2.46. The third-order valence-electron chi connectivity index (χ3n) is 1.98. The monoisotopic (exact) mass is 236 g/mol. The zero-order chi connectivity index (χ0) is 13.1. The second-order valence-corrected chi connectivity index (χ2v) is 4.58. The number of ether oxygens (including phenoxy) is 2. The fraction of sp³-hybridized carbons (Fsp3) is 0.385. The van der Waals surface area contributed by atoms with Crippen LogP contribution in [0.5, 0.6) is 5.75 Å². The minimum absolute atomic E-state index is 0.257. The number of hydrogen-bond donors (Lipinski definition) is 0. The first-order valence-corrected chi connectivity index (χ1v) is 5.24. The number of rotatable bonds is 3. The third kappa shape index (κ3) is 3.59. The molecule has 0 aliphatic carbocycles. The van der Waals surface area contributed by atoms with Crippen LogP contribution in [-0.2, 0) is 4.74 Å². The highest BCUT2D eigenvalue weighted by molar-refractivity contribution is 5.94. The molecule has 0 amide bonds. The van der Waals surface area contributed by atoms with Crippen molar-refractivity contribution in [3.05, 3.63) is 29.3 Å². The van der Waals surface area contributed by atoms with Crippen molar-refractivity contribution in [2.24, 2.45) is 0 Å². The van der Waals surface area contributed by atoms with Crippen molar-refractivity contribution < 1.29 is 19.1 Å². The van der Waals surface area contributed by atoms with Crippen molar-refractivity contribution >= 4 is 12.3 Å². The Kier molecular flexibility index (Phi) is 3.89. The number of carbonyl (C=O) groups excluding carboxylic acids is 2. The Hall–Kier alpha value is -1.84. The fourth-order valence-corrected chi connectivity index (χ4v) is 1.29. The Labute approximate surface area is 101 Å². The standard InChI is InChI=1S/C13H16O4/c1-13(2,3)17-12(15)10-7-9(8-14)5-6-11(10)16-4/h5-8H,1-4H3. The van der Waals surface area contributed by atoms with E-state index in [0.717, 1.165) is 0 Å². The van der Waals surface area contributed by atoms with Crippen molar-refractivity contribution in [2.45, 2.75) is 26.4 Å². The maximum Gasteiger partial charge on any atom is 0.342 e. The van der Waals surface area contributed by atoms with E-state index in [4.69, 9.17) is 9.47 Å². The summed E-state index contributed by atoms with van der Waals surface area (Å²) >= 11 is 0. The molecular formula is C13H16O4. The van der Waals surface area contributed by atoms with Crippen LogP contribution in [0.1, 0.15) is 41.5 Å². The summed E-state index contributed by atoms with van der Waals surface area (Å²) in [5.74, 6) is -0.108. The maximum atomic E-state index is 11.9. The van der Waals surface area contributed by atoms with E-state index in [1.807, 2.05) is 0 Å². The number of benzene rings is 1. The van der Waals surface area contributed by atoms with Gasteiger partial charge in [0.15, 0.2) is 0 Å². The lowest BCUT2D eigenvalue weighted by atomic mass is 10.1. The summed E-state index contributed by atoms with van der Waals surface area (Å²) in [5.41, 5.74) is 0.0814. The number of carbonyl (C=O) groups is 2. The van der Waals surface area contributed by atoms with Gasteiger partial charge in [-0.15, -0.1) is 0 Å². The molecule has 0 fully saturated rings. The minimum Gasteiger partial charge on any atom is -0.496 e. The molecule has 4 nitrogen and oxygen atoms in total. The van der Waals surface area contributed by atoms with Gasteiger partial charge in [0.05, 0.1) is 7.11 Å². The topological polar surface area (TPSA) is 52.6 Å². The predicted molar refractivity (Wildman–Crippen MR) is 63.6 cm³/mol. The molecule has 0 unspecified atom stereocenters. The molecule has 0 atom stereocenters. The van der Waals surface area contributed by atoms with Crippen LogP contribution < -0.4 is 4.74 Å². The molecule has 0 bridgehead atoms. The average Bonchev–Trinajstić information content (AvgIpc) is 2.25. The summed E-state index contributed by atoms with van der Waals surface area (Å²) < 4.78 is 10.3. The van der Waals surface area contributed by atoms with Crippen LogP contribution in [-0.4, -0.2) is 25.0 Å². The van der Waals surface area contributed by atoms with Gasteiger partial charge in [-0.1, -0.05) is 0 Å². The summed E-state index contributed by atoms with van der Waals surface area (Å²) in [6.45, 7) is 5.34. The Balaban J connectivity index is 3.10. The summed E-state index contributed by atoms with van der Waals surface area (Å²) in [4.78, 5) is 22.6. The third-order valence-corrected chi connectivity index (χ3v) is 1.98. The van der Waals surface area contributed by atoms with Crippen LogP contribution in [0, 0.1) is 0 Å². The van der Waals surface area contributed by atoms with Gasteiger partial charge in [-0.25, -0.2) is 4.79 Å². The molecule has 1 aromatic carbocycles. The summed E-state index contributed by atoms with van der Waals surface area (Å²) in [7, 11) is 1.46. The van der Waals surface area contributed by atoms with Gasteiger partial charge in [-0.05, 0) is 39.0 Å². The molecule has 17 heavy (non-hydrogen) atoms. The molecule has 4 heteroatoms. The number of aldehydes is 1. The molecule has 1 rings (SSSR count). The number of hydrogen-bond acceptors (Lipinski definition) is 4. The van der Waals surface area contributed by atoms with Crippen molar-refractivity contribution in [3.63, 3.8) is 0 Å². The van der Waals surface area contributed by atoms with Gasteiger partial charge in [-0.3, -0.25) is 4.79 Å². The first kappa shape index (κ1) is 13.2. The van der Waals surface area contributed by atoms with Gasteiger partial charge in [-0.2, -0.15) is 0 Å². The molecule has 0 saturated heterocycles. The second-order valence-electron chi connectivity index (χ2n) is 4.58. The highest BCUT2D eigenvalue weighted by Crippen LogP contribution is 2.22. The first-order valence-electron chi connectivity index (χ1n) is 5.24. The largest absolute Gasteiger partial charge is 0.496 e. The quantitative estimate of drug-likeness (QED) is 0.597. The van der Waals surface area contributed by atoms with E-state index in [0.29, 0.717) is 17.6 Å². The van der Waals surface area contributed by atoms with Gasteiger partial charge < -0.3 is 9.47 Å². The van der Waals surface area contributed by atoms with Crippen LogP contribution in [0.25, 0.3) is 0 Å². The van der Waals surface area contributed by atoms with Crippen LogP contribution in [0.3, 0.4) is 0 Å². The molecule has 0 aliphatic heterocycles. The Morgan fingerprint density at radius 2 is 1.94 bits per heavy atom. The highest BCUT2D eigenvalue weighted by atomic mass is 16.6. The van der Waals surface area contributed by atoms with Crippen molar-refractivity contribution in [2.75, 3.05) is 7.11 Å². The van der Waals surface area contributed by atoms with E-state index >= 15 is 0 Å². The van der Waals surface area contributed by atoms with Crippen molar-refractivity contribution in [1.82, 2.24) is 0 Å². The first-order chi connectivity index (χ1) is 7.87. The summed E-state index contributed by atoms with van der Waals surface area (Å²) in [5, 5.41) is 0. The highest BCUT2D eigenvalue weighted by Gasteiger charge is 2.21. The number of methoxy groups -OCH3 is 1. The lowest BCUT2D eigenvalue weighted by molar-refractivity contribution is 0.00665. The van der Waals surface area contributed by atoms with Crippen molar-refractivity contribution in [1.29, 1.82) is 0 Å². The van der Waals surface area contributed by atoms with Gasteiger partial charge in [0.25, 0.3) is 0 Å². The molecule has 0 heterocycles. The van der Waals surface area contributed by atoms with Gasteiger partial charge in [0.2, 0.25) is 0 Å². The molecular weight excluding hydrogens is 220 g/mol. The lowest BCUT2D eigenvalue weighted by Crippen LogP contribution is -2.24. The number of esters is 1. The molecule has 0 aromatic heterocycles. The Morgan fingerprint density at radius 1 is 1.29 bits per heavy atom. The average molecular weight is 236 g/mol. The molecule has 0 saturated carbocycles. The van der Waals surface area contributed by atoms with Gasteiger partial charge in [0.1, 0.15) is 23.2 Å². The van der Waals surface area contributed by atoms with Crippen LogP contribution >= 0.6 is 0 Å². The zero-order valence-corrected chi connectivity index (χ0v) is 10.4. The van der Waals surface area contributed by atoms with E-state index < -0.39 is 11.6 Å². The van der Waals surface area contributed by atoms with Gasteiger partial charge >= 0.3 is 5.97 Å². The molecule has 92 valence electrons. The molecule has 1 aromatic rings. The SMILES string of the molecule is COc1ccc(C=O)cc1C(=O)OC(C)(C)C. The lowest BCUT2D eigenvalue weighted by Gasteiger charge is -2.20. The molecule has 0 aliphatic rings. The van der Waals surface area contributed by atoms with Crippen LogP contribution in [0.15, 0.2) is 18.2 Å². The normalized spacial score (nSPS) is 10.8. The van der Waals surface area contributed by atoms with Crippen LogP contribution in [0.4, 0.5) is 0 Å². The summed E-state index contributed by atoms with van der Waals surface area (Å²) in [6, 6.07) is 4.61. The molecule has 0 N–H and O–H groups in total. The molecule has 0 spiro atoms. The van der Waals surface area contributed by atoms with Gasteiger partial charge in [0, 0.05) is 5.56 Å². The Bertz CT molecular complexity index is 430. The van der Waals surface area contributed by atoms with Crippen LogP contribution in [0.2, 0.25) is 0 Å². The minimum atomic E-state index is -0.584. The van der Waals surface area contributed by atoms with E-state index in [9.17, 15) is 9.59 Å². The fourth-order valence-electron chi connectivity index (χ4n) is 1.29. The smallest absolute Gasteiger partial charge is 0.342 e.